The Morgan fingerprint density at radius 1 is 1.61 bits per heavy atom. The summed E-state index contributed by atoms with van der Waals surface area (Å²) in [7, 11) is 1.86. The van der Waals surface area contributed by atoms with Gasteiger partial charge >= 0.3 is 0 Å². The van der Waals surface area contributed by atoms with Crippen molar-refractivity contribution in [3.63, 3.8) is 0 Å². The van der Waals surface area contributed by atoms with Crippen molar-refractivity contribution in [2.75, 3.05) is 11.9 Å². The number of carbonyl (C=O) groups is 1. The van der Waals surface area contributed by atoms with Crippen molar-refractivity contribution in [1.82, 2.24) is 14.7 Å². The molecule has 1 aliphatic rings. The van der Waals surface area contributed by atoms with E-state index in [1.165, 1.54) is 0 Å². The molecule has 1 amide bonds. The smallest absolute Gasteiger partial charge is 0.257 e. The molecule has 1 saturated heterocycles. The molecule has 2 heterocycles. The minimum atomic E-state index is 0.151. The molecule has 4 nitrogen and oxygen atoms in total. The number of likely N-dealkylation sites (tertiary alicyclic amines) is 1. The normalized spacial score (nSPS) is 19.5. The second kappa shape index (κ2) is 5.87. The lowest BCUT2D eigenvalue weighted by molar-refractivity contribution is 0.0729. The molecule has 0 radical (unpaired) electrons. The summed E-state index contributed by atoms with van der Waals surface area (Å²) >= 11 is 3.46. The first kappa shape index (κ1) is 13.6. The van der Waals surface area contributed by atoms with Crippen LogP contribution in [-0.4, -0.2) is 38.5 Å². The van der Waals surface area contributed by atoms with Crippen LogP contribution in [0.25, 0.3) is 0 Å². The van der Waals surface area contributed by atoms with Crippen LogP contribution in [0.2, 0.25) is 0 Å². The maximum atomic E-state index is 12.5. The average molecular weight is 314 g/mol. The number of carbonyl (C=O) groups excluding carboxylic acids is 1. The molecule has 1 aromatic rings. The molecule has 1 fully saturated rings. The van der Waals surface area contributed by atoms with E-state index >= 15 is 0 Å². The van der Waals surface area contributed by atoms with Gasteiger partial charge < -0.3 is 4.90 Å². The second-order valence-corrected chi connectivity index (χ2v) is 5.72. The summed E-state index contributed by atoms with van der Waals surface area (Å²) in [4.78, 5) is 14.5. The highest BCUT2D eigenvalue weighted by Gasteiger charge is 2.30. The third kappa shape index (κ3) is 2.76. The summed E-state index contributed by atoms with van der Waals surface area (Å²) in [6.45, 7) is 2.79. The third-order valence-electron chi connectivity index (χ3n) is 3.55. The number of hydrogen-bond acceptors (Lipinski definition) is 2. The zero-order valence-electron chi connectivity index (χ0n) is 11.0. The monoisotopic (exact) mass is 313 g/mol. The predicted octanol–water partition coefficient (Wildman–Crippen LogP) is 2.51. The molecule has 2 rings (SSSR count). The molecule has 0 aromatic carbocycles. The molecule has 5 heteroatoms. The van der Waals surface area contributed by atoms with E-state index in [2.05, 4.69) is 21.0 Å². The lowest BCUT2D eigenvalue weighted by Gasteiger charge is -2.24. The first-order valence-corrected chi connectivity index (χ1v) is 7.63. The molecule has 0 saturated carbocycles. The van der Waals surface area contributed by atoms with Crippen molar-refractivity contribution in [1.29, 1.82) is 0 Å². The van der Waals surface area contributed by atoms with Crippen LogP contribution in [0, 0.1) is 6.92 Å². The summed E-state index contributed by atoms with van der Waals surface area (Å²) in [6.07, 6.45) is 6.31. The predicted molar refractivity (Wildman–Crippen MR) is 75.0 cm³/mol. The number of aromatic nitrogens is 2. The molecule has 0 spiro atoms. The minimum Gasteiger partial charge on any atom is -0.336 e. The highest BCUT2D eigenvalue weighted by atomic mass is 79.9. The van der Waals surface area contributed by atoms with Gasteiger partial charge in [-0.2, -0.15) is 5.10 Å². The van der Waals surface area contributed by atoms with Gasteiger partial charge in [0, 0.05) is 31.2 Å². The number of rotatable bonds is 4. The number of aryl methyl sites for hydroxylation is 2. The first-order valence-electron chi connectivity index (χ1n) is 6.50. The Bertz CT molecular complexity index is 430. The molecule has 1 unspecified atom stereocenters. The van der Waals surface area contributed by atoms with E-state index in [9.17, 15) is 4.79 Å². The van der Waals surface area contributed by atoms with Crippen molar-refractivity contribution in [3.05, 3.63) is 17.5 Å². The number of alkyl halides is 1. The standard InChI is InChI=1S/C13H20BrN3O/c1-10-12(9-16(2)15-10)13(18)17-8-4-6-11(17)5-3-7-14/h9,11H,3-8H2,1-2H3. The fourth-order valence-corrected chi connectivity index (χ4v) is 3.00. The molecule has 100 valence electrons. The van der Waals surface area contributed by atoms with Crippen LogP contribution in [0.3, 0.4) is 0 Å². The Morgan fingerprint density at radius 3 is 3.00 bits per heavy atom. The summed E-state index contributed by atoms with van der Waals surface area (Å²) in [6, 6.07) is 0.412. The van der Waals surface area contributed by atoms with Gasteiger partial charge in [-0.1, -0.05) is 15.9 Å². The molecule has 1 aromatic heterocycles. The highest BCUT2D eigenvalue weighted by molar-refractivity contribution is 9.09. The lowest BCUT2D eigenvalue weighted by Crippen LogP contribution is -2.35. The summed E-state index contributed by atoms with van der Waals surface area (Å²) < 4.78 is 1.71. The Labute approximate surface area is 116 Å². The van der Waals surface area contributed by atoms with Crippen molar-refractivity contribution in [3.8, 4) is 0 Å². The van der Waals surface area contributed by atoms with Crippen molar-refractivity contribution >= 4 is 21.8 Å². The number of hydrogen-bond donors (Lipinski definition) is 0. The van der Waals surface area contributed by atoms with E-state index in [1.54, 1.807) is 4.68 Å². The highest BCUT2D eigenvalue weighted by Crippen LogP contribution is 2.24. The molecule has 0 bridgehead atoms. The molecule has 1 aliphatic heterocycles. The Kier molecular flexibility index (Phi) is 4.43. The van der Waals surface area contributed by atoms with Gasteiger partial charge in [0.05, 0.1) is 11.3 Å². The topological polar surface area (TPSA) is 38.1 Å². The van der Waals surface area contributed by atoms with Crippen LogP contribution in [-0.2, 0) is 7.05 Å². The first-order chi connectivity index (χ1) is 8.63. The lowest BCUT2D eigenvalue weighted by atomic mass is 10.1. The molecular formula is C13H20BrN3O. The maximum Gasteiger partial charge on any atom is 0.257 e. The van der Waals surface area contributed by atoms with Crippen LogP contribution in [0.5, 0.6) is 0 Å². The van der Waals surface area contributed by atoms with E-state index < -0.39 is 0 Å². The largest absolute Gasteiger partial charge is 0.336 e. The molecule has 0 N–H and O–H groups in total. The van der Waals surface area contributed by atoms with E-state index in [-0.39, 0.29) is 5.91 Å². The number of halogens is 1. The summed E-state index contributed by atoms with van der Waals surface area (Å²) in [5.41, 5.74) is 1.58. The van der Waals surface area contributed by atoms with Crippen molar-refractivity contribution in [2.45, 2.75) is 38.6 Å². The second-order valence-electron chi connectivity index (χ2n) is 4.93. The molecule has 1 atom stereocenters. The van der Waals surface area contributed by atoms with Crippen molar-refractivity contribution in [2.24, 2.45) is 7.05 Å². The minimum absolute atomic E-state index is 0.151. The van der Waals surface area contributed by atoms with E-state index in [0.29, 0.717) is 6.04 Å². The van der Waals surface area contributed by atoms with Gasteiger partial charge in [0.1, 0.15) is 0 Å². The fraction of sp³-hybridized carbons (Fsp3) is 0.692. The van der Waals surface area contributed by atoms with Gasteiger partial charge in [0.15, 0.2) is 0 Å². The quantitative estimate of drug-likeness (QED) is 0.801. The summed E-state index contributed by atoms with van der Waals surface area (Å²) in [5, 5.41) is 5.26. The Morgan fingerprint density at radius 2 is 2.39 bits per heavy atom. The number of amides is 1. The van der Waals surface area contributed by atoms with Gasteiger partial charge in [0.2, 0.25) is 0 Å². The van der Waals surface area contributed by atoms with Crippen LogP contribution >= 0.6 is 15.9 Å². The van der Waals surface area contributed by atoms with E-state index in [4.69, 9.17) is 0 Å². The van der Waals surface area contributed by atoms with E-state index in [0.717, 1.165) is 48.8 Å². The van der Waals surface area contributed by atoms with Gasteiger partial charge in [-0.05, 0) is 32.6 Å². The summed E-state index contributed by atoms with van der Waals surface area (Å²) in [5.74, 6) is 0.151. The molecular weight excluding hydrogens is 294 g/mol. The van der Waals surface area contributed by atoms with Gasteiger partial charge in [-0.15, -0.1) is 0 Å². The molecule has 18 heavy (non-hydrogen) atoms. The average Bonchev–Trinajstić information content (AvgIpc) is 2.92. The third-order valence-corrected chi connectivity index (χ3v) is 4.11. The van der Waals surface area contributed by atoms with Gasteiger partial charge in [-0.25, -0.2) is 0 Å². The van der Waals surface area contributed by atoms with Gasteiger partial charge in [0.25, 0.3) is 5.91 Å². The Balaban J connectivity index is 2.10. The fourth-order valence-electron chi connectivity index (χ4n) is 2.68. The SMILES string of the molecule is Cc1nn(C)cc1C(=O)N1CCCC1CCCBr. The van der Waals surface area contributed by atoms with Crippen LogP contribution in [0.15, 0.2) is 6.20 Å². The van der Waals surface area contributed by atoms with Gasteiger partial charge in [-0.3, -0.25) is 9.48 Å². The maximum absolute atomic E-state index is 12.5. The Hall–Kier alpha value is -0.840. The van der Waals surface area contributed by atoms with Crippen LogP contribution in [0.1, 0.15) is 41.7 Å². The zero-order chi connectivity index (χ0) is 13.1. The van der Waals surface area contributed by atoms with Crippen LogP contribution in [0.4, 0.5) is 0 Å². The van der Waals surface area contributed by atoms with Crippen LogP contribution < -0.4 is 0 Å². The zero-order valence-corrected chi connectivity index (χ0v) is 12.6. The van der Waals surface area contributed by atoms with Crippen molar-refractivity contribution < 1.29 is 4.79 Å². The molecule has 0 aliphatic carbocycles. The number of nitrogens with zero attached hydrogens (tertiary/aromatic N) is 3. The van der Waals surface area contributed by atoms with E-state index in [1.807, 2.05) is 25.1 Å².